The van der Waals surface area contributed by atoms with Gasteiger partial charge in [0.25, 0.3) is 0 Å². The first kappa shape index (κ1) is 12.6. The minimum atomic E-state index is 0.479. The number of rotatable bonds is 5. The number of hydrogen-bond acceptors (Lipinski definition) is 2. The summed E-state index contributed by atoms with van der Waals surface area (Å²) in [6.07, 6.45) is 9.30. The molecule has 1 aromatic heterocycles. The first-order valence-corrected chi connectivity index (χ1v) is 7.46. The SMILES string of the molecule is CCCNC(c1cncc2ccccc12)C1CCC1. The van der Waals surface area contributed by atoms with Crippen LogP contribution in [0.15, 0.2) is 36.7 Å². The zero-order valence-corrected chi connectivity index (χ0v) is 11.6. The zero-order chi connectivity index (χ0) is 13.1. The van der Waals surface area contributed by atoms with Crippen LogP contribution in [-0.4, -0.2) is 11.5 Å². The Morgan fingerprint density at radius 2 is 2.11 bits per heavy atom. The van der Waals surface area contributed by atoms with Crippen LogP contribution < -0.4 is 5.32 Å². The molecule has 2 heteroatoms. The summed E-state index contributed by atoms with van der Waals surface area (Å²) in [5, 5.41) is 6.35. The fourth-order valence-electron chi connectivity index (χ4n) is 2.99. The molecule has 1 unspecified atom stereocenters. The lowest BCUT2D eigenvalue weighted by atomic mass is 9.76. The highest BCUT2D eigenvalue weighted by molar-refractivity contribution is 5.85. The van der Waals surface area contributed by atoms with Gasteiger partial charge in [-0.2, -0.15) is 0 Å². The van der Waals surface area contributed by atoms with E-state index in [1.807, 2.05) is 6.20 Å². The van der Waals surface area contributed by atoms with Crippen LogP contribution in [0.2, 0.25) is 0 Å². The Kier molecular flexibility index (Phi) is 3.79. The van der Waals surface area contributed by atoms with Gasteiger partial charge < -0.3 is 5.32 Å². The summed E-state index contributed by atoms with van der Waals surface area (Å²) in [6, 6.07) is 9.08. The van der Waals surface area contributed by atoms with Gasteiger partial charge in [-0.15, -0.1) is 0 Å². The third-order valence-electron chi connectivity index (χ3n) is 4.27. The van der Waals surface area contributed by atoms with Gasteiger partial charge in [0, 0.05) is 23.8 Å². The smallest absolute Gasteiger partial charge is 0.0370 e. The van der Waals surface area contributed by atoms with Crippen LogP contribution in [0.5, 0.6) is 0 Å². The third-order valence-corrected chi connectivity index (χ3v) is 4.27. The predicted molar refractivity (Wildman–Crippen MR) is 80.1 cm³/mol. The Hall–Kier alpha value is -1.41. The molecule has 3 rings (SSSR count). The molecule has 1 fully saturated rings. The monoisotopic (exact) mass is 254 g/mol. The lowest BCUT2D eigenvalue weighted by molar-refractivity contribution is 0.232. The fraction of sp³-hybridized carbons (Fsp3) is 0.471. The van der Waals surface area contributed by atoms with Crippen molar-refractivity contribution in [3.63, 3.8) is 0 Å². The summed E-state index contributed by atoms with van der Waals surface area (Å²) in [5.74, 6) is 0.791. The first-order valence-electron chi connectivity index (χ1n) is 7.46. The van der Waals surface area contributed by atoms with Crippen molar-refractivity contribution in [1.29, 1.82) is 0 Å². The van der Waals surface area contributed by atoms with Gasteiger partial charge in [0.05, 0.1) is 0 Å². The largest absolute Gasteiger partial charge is 0.310 e. The Morgan fingerprint density at radius 1 is 1.26 bits per heavy atom. The molecular formula is C17H22N2. The molecule has 1 aromatic carbocycles. The Bertz CT molecular complexity index is 540. The molecule has 0 saturated heterocycles. The molecule has 1 heterocycles. The molecule has 1 aliphatic rings. The van der Waals surface area contributed by atoms with Gasteiger partial charge in [-0.25, -0.2) is 0 Å². The lowest BCUT2D eigenvalue weighted by Gasteiger charge is -2.35. The van der Waals surface area contributed by atoms with E-state index in [0.29, 0.717) is 6.04 Å². The van der Waals surface area contributed by atoms with Crippen LogP contribution >= 0.6 is 0 Å². The summed E-state index contributed by atoms with van der Waals surface area (Å²) >= 11 is 0. The van der Waals surface area contributed by atoms with Crippen molar-refractivity contribution in [2.24, 2.45) is 5.92 Å². The minimum absolute atomic E-state index is 0.479. The molecule has 19 heavy (non-hydrogen) atoms. The molecule has 0 spiro atoms. The topological polar surface area (TPSA) is 24.9 Å². The number of benzene rings is 1. The van der Waals surface area contributed by atoms with Gasteiger partial charge >= 0.3 is 0 Å². The predicted octanol–water partition coefficient (Wildman–Crippen LogP) is 4.08. The second-order valence-electron chi connectivity index (χ2n) is 5.57. The molecule has 1 atom stereocenters. The van der Waals surface area contributed by atoms with Gasteiger partial charge in [-0.05, 0) is 42.7 Å². The highest BCUT2D eigenvalue weighted by Crippen LogP contribution is 2.39. The number of hydrogen-bond donors (Lipinski definition) is 1. The Labute approximate surface area is 115 Å². The van der Waals surface area contributed by atoms with E-state index >= 15 is 0 Å². The first-order chi connectivity index (χ1) is 9.40. The van der Waals surface area contributed by atoms with E-state index < -0.39 is 0 Å². The maximum Gasteiger partial charge on any atom is 0.0370 e. The maximum absolute atomic E-state index is 4.44. The van der Waals surface area contributed by atoms with Crippen molar-refractivity contribution in [2.45, 2.75) is 38.6 Å². The van der Waals surface area contributed by atoms with Crippen LogP contribution in [0.4, 0.5) is 0 Å². The summed E-state index contributed by atoms with van der Waals surface area (Å²) in [4.78, 5) is 4.44. The van der Waals surface area contributed by atoms with Crippen LogP contribution in [-0.2, 0) is 0 Å². The minimum Gasteiger partial charge on any atom is -0.310 e. The molecule has 1 aliphatic carbocycles. The normalized spacial score (nSPS) is 17.3. The molecule has 100 valence electrons. The average molecular weight is 254 g/mol. The molecule has 1 N–H and O–H groups in total. The second kappa shape index (κ2) is 5.70. The van der Waals surface area contributed by atoms with Crippen molar-refractivity contribution in [2.75, 3.05) is 6.54 Å². The molecule has 1 saturated carbocycles. The quantitative estimate of drug-likeness (QED) is 0.869. The number of pyridine rings is 1. The number of nitrogens with zero attached hydrogens (tertiary/aromatic N) is 1. The Morgan fingerprint density at radius 3 is 2.84 bits per heavy atom. The zero-order valence-electron chi connectivity index (χ0n) is 11.6. The number of aromatic nitrogens is 1. The van der Waals surface area contributed by atoms with Gasteiger partial charge in [-0.1, -0.05) is 37.6 Å². The van der Waals surface area contributed by atoms with Crippen LogP contribution in [0.25, 0.3) is 10.8 Å². The highest BCUT2D eigenvalue weighted by atomic mass is 14.9. The average Bonchev–Trinajstić information content (AvgIpc) is 2.41. The van der Waals surface area contributed by atoms with Crippen molar-refractivity contribution in [3.8, 4) is 0 Å². The van der Waals surface area contributed by atoms with E-state index in [1.165, 1.54) is 42.0 Å². The molecule has 0 amide bonds. The highest BCUT2D eigenvalue weighted by Gasteiger charge is 2.29. The van der Waals surface area contributed by atoms with E-state index in [0.717, 1.165) is 12.5 Å². The van der Waals surface area contributed by atoms with Crippen LogP contribution in [0.1, 0.15) is 44.2 Å². The van der Waals surface area contributed by atoms with Gasteiger partial charge in [0.15, 0.2) is 0 Å². The van der Waals surface area contributed by atoms with E-state index in [2.05, 4.69) is 47.7 Å². The van der Waals surface area contributed by atoms with E-state index in [4.69, 9.17) is 0 Å². The molecule has 0 aliphatic heterocycles. The lowest BCUT2D eigenvalue weighted by Crippen LogP contribution is -2.32. The number of fused-ring (bicyclic) bond motifs is 1. The van der Waals surface area contributed by atoms with Crippen LogP contribution in [0.3, 0.4) is 0 Å². The molecule has 2 aromatic rings. The van der Waals surface area contributed by atoms with Crippen molar-refractivity contribution >= 4 is 10.8 Å². The van der Waals surface area contributed by atoms with E-state index in [1.54, 1.807) is 0 Å². The van der Waals surface area contributed by atoms with Crippen molar-refractivity contribution in [3.05, 3.63) is 42.2 Å². The number of nitrogens with one attached hydrogen (secondary N) is 1. The molecule has 0 bridgehead atoms. The molecule has 2 nitrogen and oxygen atoms in total. The summed E-state index contributed by atoms with van der Waals surface area (Å²) in [7, 11) is 0. The summed E-state index contributed by atoms with van der Waals surface area (Å²) in [5.41, 5.74) is 1.39. The summed E-state index contributed by atoms with van der Waals surface area (Å²) in [6.45, 7) is 3.32. The third kappa shape index (κ3) is 2.50. The van der Waals surface area contributed by atoms with Crippen molar-refractivity contribution in [1.82, 2.24) is 10.3 Å². The fourth-order valence-corrected chi connectivity index (χ4v) is 2.99. The van der Waals surface area contributed by atoms with Gasteiger partial charge in [0.1, 0.15) is 0 Å². The second-order valence-corrected chi connectivity index (χ2v) is 5.57. The summed E-state index contributed by atoms with van der Waals surface area (Å²) < 4.78 is 0. The molecular weight excluding hydrogens is 232 g/mol. The van der Waals surface area contributed by atoms with E-state index in [-0.39, 0.29) is 0 Å². The molecule has 0 radical (unpaired) electrons. The standard InChI is InChI=1S/C17H22N2/c1-2-10-19-17(13-7-5-8-13)16-12-18-11-14-6-3-4-9-15(14)16/h3-4,6,9,11-13,17,19H,2,5,7-8,10H2,1H3. The van der Waals surface area contributed by atoms with E-state index in [9.17, 15) is 0 Å². The van der Waals surface area contributed by atoms with Crippen molar-refractivity contribution < 1.29 is 0 Å². The van der Waals surface area contributed by atoms with Gasteiger partial charge in [0.2, 0.25) is 0 Å². The van der Waals surface area contributed by atoms with Gasteiger partial charge in [-0.3, -0.25) is 4.98 Å². The van der Waals surface area contributed by atoms with Crippen LogP contribution in [0, 0.1) is 5.92 Å². The maximum atomic E-state index is 4.44. The Balaban J connectivity index is 1.98.